The molecule has 0 radical (unpaired) electrons. The van der Waals surface area contributed by atoms with Gasteiger partial charge in [0, 0.05) is 23.1 Å². The monoisotopic (exact) mass is 454 g/mol. The van der Waals surface area contributed by atoms with Crippen molar-refractivity contribution < 1.29 is 19.8 Å². The Kier molecular flexibility index (Phi) is 12.1. The van der Waals surface area contributed by atoms with Gasteiger partial charge in [-0.2, -0.15) is 0 Å². The first kappa shape index (κ1) is 25.9. The first-order valence-electron chi connectivity index (χ1n) is 9.51. The molecule has 164 valence electrons. The lowest BCUT2D eigenvalue weighted by Gasteiger charge is -2.19. The van der Waals surface area contributed by atoms with Crippen molar-refractivity contribution >= 4 is 35.1 Å². The molecule has 8 heteroatoms. The lowest BCUT2D eigenvalue weighted by molar-refractivity contribution is -0.159. The van der Waals surface area contributed by atoms with Gasteiger partial charge in [-0.1, -0.05) is 53.5 Å². The average molecular weight is 455 g/mol. The topological polar surface area (TPSA) is 89.9 Å². The first-order valence-corrected chi connectivity index (χ1v) is 10.3. The molecule has 0 aliphatic carbocycles. The van der Waals surface area contributed by atoms with E-state index >= 15 is 0 Å². The summed E-state index contributed by atoms with van der Waals surface area (Å²) in [6.45, 7) is 3.05. The van der Waals surface area contributed by atoms with E-state index in [2.05, 4.69) is 48.6 Å². The Balaban J connectivity index is 0.000000656. The van der Waals surface area contributed by atoms with E-state index in [4.69, 9.17) is 43.0 Å². The lowest BCUT2D eigenvalue weighted by atomic mass is 9.89. The second-order valence-electron chi connectivity index (χ2n) is 7.00. The Hall–Kier alpha value is -2.12. The van der Waals surface area contributed by atoms with E-state index in [0.29, 0.717) is 5.92 Å². The number of carbonyl (C=O) groups is 2. The van der Waals surface area contributed by atoms with Gasteiger partial charge in [-0.05, 0) is 68.7 Å². The quantitative estimate of drug-likeness (QED) is 0.391. The number of hydrogen-bond donors (Lipinski definition) is 3. The van der Waals surface area contributed by atoms with Crippen molar-refractivity contribution in [1.82, 2.24) is 10.2 Å². The van der Waals surface area contributed by atoms with E-state index in [9.17, 15) is 0 Å². The van der Waals surface area contributed by atoms with Gasteiger partial charge in [0.15, 0.2) is 0 Å². The number of nitrogens with one attached hydrogen (secondary N) is 1. The molecule has 0 fully saturated rings. The second-order valence-corrected chi connectivity index (χ2v) is 7.84. The number of aliphatic carboxylic acids is 2. The summed E-state index contributed by atoms with van der Waals surface area (Å²) < 4.78 is 0. The molecule has 0 spiro atoms. The summed E-state index contributed by atoms with van der Waals surface area (Å²) in [6, 6.07) is 16.3. The van der Waals surface area contributed by atoms with Gasteiger partial charge in [0.2, 0.25) is 0 Å². The molecule has 0 saturated heterocycles. The van der Waals surface area contributed by atoms with E-state index in [1.165, 1.54) is 11.1 Å². The highest BCUT2D eigenvalue weighted by Crippen LogP contribution is 2.28. The number of likely N-dealkylation sites (N-methyl/N-ethyl adjacent to an activating group) is 1. The number of rotatable bonds is 9. The summed E-state index contributed by atoms with van der Waals surface area (Å²) in [6.07, 6.45) is 2.01. The summed E-state index contributed by atoms with van der Waals surface area (Å²) in [4.78, 5) is 20.4. The molecule has 2 rings (SSSR count). The normalized spacial score (nSPS) is 11.5. The van der Waals surface area contributed by atoms with Crippen LogP contribution in [0.15, 0.2) is 48.5 Å². The van der Waals surface area contributed by atoms with Crippen molar-refractivity contribution in [2.45, 2.75) is 18.8 Å². The fourth-order valence-corrected chi connectivity index (χ4v) is 3.09. The third-order valence-electron chi connectivity index (χ3n) is 4.35. The predicted molar refractivity (Wildman–Crippen MR) is 121 cm³/mol. The molecule has 0 aliphatic heterocycles. The minimum Gasteiger partial charge on any atom is -0.473 e. The van der Waals surface area contributed by atoms with Gasteiger partial charge in [-0.25, -0.2) is 9.59 Å². The van der Waals surface area contributed by atoms with Crippen LogP contribution in [0.1, 0.15) is 23.5 Å². The number of nitrogens with zero attached hydrogens (tertiary/aromatic N) is 1. The molecule has 30 heavy (non-hydrogen) atoms. The molecule has 0 aromatic heterocycles. The SMILES string of the molecule is CN(C)CCNCCC(Cc1ccccc1Cl)c1ccc(Cl)cc1.O=C(O)C(=O)O. The Morgan fingerprint density at radius 2 is 1.57 bits per heavy atom. The van der Waals surface area contributed by atoms with Crippen LogP contribution in [0.5, 0.6) is 0 Å². The Labute approximate surface area is 187 Å². The van der Waals surface area contributed by atoms with Crippen molar-refractivity contribution in [2.75, 3.05) is 33.7 Å². The van der Waals surface area contributed by atoms with Gasteiger partial charge in [-0.15, -0.1) is 0 Å². The maximum absolute atomic E-state index is 9.10. The largest absolute Gasteiger partial charge is 0.473 e. The molecule has 2 aromatic carbocycles. The van der Waals surface area contributed by atoms with Crippen molar-refractivity contribution in [1.29, 1.82) is 0 Å². The van der Waals surface area contributed by atoms with Crippen molar-refractivity contribution in [2.24, 2.45) is 0 Å². The standard InChI is InChI=1S/C20H26Cl2N2.C2H2O4/c1-24(2)14-13-23-12-11-17(16-7-9-19(21)10-8-16)15-18-5-3-4-6-20(18)22;3-1(4)2(5)6/h3-10,17,23H,11-15H2,1-2H3;(H,3,4)(H,5,6). The summed E-state index contributed by atoms with van der Waals surface area (Å²) in [5.41, 5.74) is 2.51. The zero-order valence-electron chi connectivity index (χ0n) is 17.1. The average Bonchev–Trinajstić information content (AvgIpc) is 2.69. The Morgan fingerprint density at radius 3 is 2.10 bits per heavy atom. The maximum Gasteiger partial charge on any atom is 0.414 e. The van der Waals surface area contributed by atoms with Gasteiger partial charge in [0.05, 0.1) is 0 Å². The third kappa shape index (κ3) is 10.6. The number of carboxylic acid groups (broad SMARTS) is 2. The molecule has 3 N–H and O–H groups in total. The van der Waals surface area contributed by atoms with Gasteiger partial charge >= 0.3 is 11.9 Å². The molecule has 0 heterocycles. The minimum absolute atomic E-state index is 0.425. The van der Waals surface area contributed by atoms with E-state index < -0.39 is 11.9 Å². The van der Waals surface area contributed by atoms with Gasteiger partial charge in [0.25, 0.3) is 0 Å². The smallest absolute Gasteiger partial charge is 0.414 e. The van der Waals surface area contributed by atoms with E-state index in [-0.39, 0.29) is 0 Å². The molecular weight excluding hydrogens is 427 g/mol. The highest BCUT2D eigenvalue weighted by atomic mass is 35.5. The number of hydrogen-bond acceptors (Lipinski definition) is 4. The van der Waals surface area contributed by atoms with E-state index in [1.54, 1.807) is 0 Å². The van der Waals surface area contributed by atoms with Crippen LogP contribution in [0.4, 0.5) is 0 Å². The van der Waals surface area contributed by atoms with Crippen molar-refractivity contribution in [3.8, 4) is 0 Å². The first-order chi connectivity index (χ1) is 14.2. The highest BCUT2D eigenvalue weighted by molar-refractivity contribution is 6.31. The fraction of sp³-hybridized carbons (Fsp3) is 0.364. The van der Waals surface area contributed by atoms with E-state index in [0.717, 1.165) is 42.5 Å². The Bertz CT molecular complexity index is 786. The summed E-state index contributed by atoms with van der Waals surface area (Å²) >= 11 is 12.4. The fourth-order valence-electron chi connectivity index (χ4n) is 2.75. The number of halogens is 2. The van der Waals surface area contributed by atoms with Crippen LogP contribution < -0.4 is 5.32 Å². The van der Waals surface area contributed by atoms with Gasteiger partial charge < -0.3 is 20.4 Å². The van der Waals surface area contributed by atoms with Crippen LogP contribution >= 0.6 is 23.2 Å². The van der Waals surface area contributed by atoms with Crippen LogP contribution in [0.2, 0.25) is 10.0 Å². The van der Waals surface area contributed by atoms with Gasteiger partial charge in [-0.3, -0.25) is 0 Å². The van der Waals surface area contributed by atoms with Crippen LogP contribution in [0.3, 0.4) is 0 Å². The predicted octanol–water partition coefficient (Wildman–Crippen LogP) is 4.02. The Morgan fingerprint density at radius 1 is 0.967 bits per heavy atom. The summed E-state index contributed by atoms with van der Waals surface area (Å²) in [5, 5.41) is 19.9. The molecule has 2 aromatic rings. The van der Waals surface area contributed by atoms with Gasteiger partial charge in [0.1, 0.15) is 0 Å². The zero-order chi connectivity index (χ0) is 22.5. The van der Waals surface area contributed by atoms with Crippen LogP contribution in [0, 0.1) is 0 Å². The van der Waals surface area contributed by atoms with Crippen molar-refractivity contribution in [3.05, 3.63) is 69.7 Å². The minimum atomic E-state index is -1.82. The van der Waals surface area contributed by atoms with Crippen LogP contribution in [-0.4, -0.2) is 60.8 Å². The summed E-state index contributed by atoms with van der Waals surface area (Å²) in [7, 11) is 4.19. The molecule has 0 amide bonds. The molecule has 1 unspecified atom stereocenters. The highest BCUT2D eigenvalue weighted by Gasteiger charge is 2.14. The molecule has 0 saturated carbocycles. The molecular formula is C22H28Cl2N2O4. The molecule has 1 atom stereocenters. The summed E-state index contributed by atoms with van der Waals surface area (Å²) in [5.74, 6) is -3.22. The number of benzene rings is 2. The second kappa shape index (κ2) is 14.0. The van der Waals surface area contributed by atoms with Crippen molar-refractivity contribution in [3.63, 3.8) is 0 Å². The third-order valence-corrected chi connectivity index (χ3v) is 4.97. The molecule has 6 nitrogen and oxygen atoms in total. The number of carboxylic acids is 2. The van der Waals surface area contributed by atoms with E-state index in [1.807, 2.05) is 24.3 Å². The van der Waals surface area contributed by atoms with Crippen LogP contribution in [-0.2, 0) is 16.0 Å². The lowest BCUT2D eigenvalue weighted by Crippen LogP contribution is -2.28. The zero-order valence-corrected chi connectivity index (χ0v) is 18.7. The maximum atomic E-state index is 9.10. The molecule has 0 bridgehead atoms. The van der Waals surface area contributed by atoms with Crippen LogP contribution in [0.25, 0.3) is 0 Å². The molecule has 0 aliphatic rings.